The number of aliphatic hydroxyl groups excluding tert-OH is 1. The van der Waals surface area contributed by atoms with Gasteiger partial charge in [0, 0.05) is 24.0 Å². The molecule has 1 amide bonds. The summed E-state index contributed by atoms with van der Waals surface area (Å²) in [6, 6.07) is 7.24. The Balaban J connectivity index is 1.52. The molecule has 6 heteroatoms. The molecular formula is C19H24ClNO4. The molecule has 136 valence electrons. The fraction of sp³-hybridized carbons (Fsp3) is 0.579. The lowest BCUT2D eigenvalue weighted by molar-refractivity contribution is -0.142. The van der Waals surface area contributed by atoms with Crippen molar-refractivity contribution in [2.75, 3.05) is 13.1 Å². The van der Waals surface area contributed by atoms with Crippen LogP contribution in [0.4, 0.5) is 0 Å². The summed E-state index contributed by atoms with van der Waals surface area (Å²) in [5.74, 6) is -1.11. The highest BCUT2D eigenvalue weighted by molar-refractivity contribution is 6.30. The number of carbonyl (C=O) groups is 2. The van der Waals surface area contributed by atoms with Gasteiger partial charge in [-0.1, -0.05) is 23.7 Å². The Morgan fingerprint density at radius 2 is 1.64 bits per heavy atom. The molecule has 3 atom stereocenters. The molecule has 5 nitrogen and oxygen atoms in total. The van der Waals surface area contributed by atoms with E-state index in [4.69, 9.17) is 16.7 Å². The molecule has 2 fully saturated rings. The van der Waals surface area contributed by atoms with Gasteiger partial charge in [0.25, 0.3) is 0 Å². The molecular weight excluding hydrogens is 342 g/mol. The first-order chi connectivity index (χ1) is 12.0. The Labute approximate surface area is 152 Å². The second-order valence-electron chi connectivity index (χ2n) is 7.20. The zero-order chi connectivity index (χ0) is 18.0. The smallest absolute Gasteiger partial charge is 0.306 e. The van der Waals surface area contributed by atoms with Gasteiger partial charge in [-0.05, 0) is 55.7 Å². The van der Waals surface area contributed by atoms with Crippen LogP contribution in [0.25, 0.3) is 0 Å². The van der Waals surface area contributed by atoms with Crippen molar-refractivity contribution in [3.63, 3.8) is 0 Å². The molecule has 0 aromatic heterocycles. The number of carboxylic acids is 1. The molecule has 0 spiro atoms. The number of carboxylic acid groups (broad SMARTS) is 1. The summed E-state index contributed by atoms with van der Waals surface area (Å²) in [6.45, 7) is 1.25. The predicted octanol–water partition coefficient (Wildman–Crippen LogP) is 3.11. The lowest BCUT2D eigenvalue weighted by atomic mass is 9.87. The minimum Gasteiger partial charge on any atom is -0.481 e. The fourth-order valence-electron chi connectivity index (χ4n) is 4.06. The van der Waals surface area contributed by atoms with Crippen molar-refractivity contribution in [1.29, 1.82) is 0 Å². The summed E-state index contributed by atoms with van der Waals surface area (Å²) in [5, 5.41) is 20.3. The van der Waals surface area contributed by atoms with Gasteiger partial charge in [0.15, 0.2) is 0 Å². The lowest BCUT2D eigenvalue weighted by Crippen LogP contribution is -2.42. The Bertz CT molecular complexity index is 625. The summed E-state index contributed by atoms with van der Waals surface area (Å²) >= 11 is 5.89. The van der Waals surface area contributed by atoms with Crippen LogP contribution in [0.1, 0.15) is 43.8 Å². The van der Waals surface area contributed by atoms with E-state index in [1.165, 1.54) is 0 Å². The largest absolute Gasteiger partial charge is 0.481 e. The highest BCUT2D eigenvalue weighted by atomic mass is 35.5. The molecule has 1 saturated heterocycles. The first kappa shape index (κ1) is 18.2. The number of hydrogen-bond acceptors (Lipinski definition) is 3. The second kappa shape index (κ2) is 7.75. The Kier molecular flexibility index (Phi) is 5.64. The minimum absolute atomic E-state index is 0.0863. The highest BCUT2D eigenvalue weighted by Gasteiger charge is 2.37. The molecule has 2 aliphatic rings. The van der Waals surface area contributed by atoms with Gasteiger partial charge in [-0.2, -0.15) is 0 Å². The van der Waals surface area contributed by atoms with Crippen LogP contribution >= 0.6 is 11.6 Å². The van der Waals surface area contributed by atoms with Crippen molar-refractivity contribution in [3.05, 3.63) is 34.9 Å². The summed E-state index contributed by atoms with van der Waals surface area (Å²) in [5.41, 5.74) is 0.856. The lowest BCUT2D eigenvalue weighted by Gasteiger charge is -2.35. The number of rotatable bonds is 4. The first-order valence-electron chi connectivity index (χ1n) is 8.91. The number of aliphatic hydroxyl groups is 1. The van der Waals surface area contributed by atoms with Crippen molar-refractivity contribution in [1.82, 2.24) is 4.90 Å². The minimum atomic E-state index is -0.792. The number of amides is 1. The summed E-state index contributed by atoms with van der Waals surface area (Å²) in [7, 11) is 0. The maximum atomic E-state index is 12.6. The van der Waals surface area contributed by atoms with Gasteiger partial charge in [-0.3, -0.25) is 9.59 Å². The Hall–Kier alpha value is -1.59. The first-order valence-corrected chi connectivity index (χ1v) is 9.28. The molecule has 2 N–H and O–H groups in total. The van der Waals surface area contributed by atoms with Crippen molar-refractivity contribution in [3.8, 4) is 0 Å². The number of likely N-dealkylation sites (tertiary alicyclic amines) is 1. The third kappa shape index (κ3) is 4.15. The van der Waals surface area contributed by atoms with E-state index in [2.05, 4.69) is 0 Å². The number of nitrogens with zero attached hydrogens (tertiary/aromatic N) is 1. The van der Waals surface area contributed by atoms with E-state index in [0.717, 1.165) is 18.4 Å². The number of carbonyl (C=O) groups excluding carboxylic acids is 1. The SMILES string of the molecule is O=C(O)[C@H]1CC[C@@H](C(=O)N2CCC(C(O)c3ccc(Cl)cc3)CC2)C1. The Morgan fingerprint density at radius 1 is 1.04 bits per heavy atom. The van der Waals surface area contributed by atoms with Crippen molar-refractivity contribution < 1.29 is 19.8 Å². The van der Waals surface area contributed by atoms with Crippen LogP contribution in [-0.2, 0) is 9.59 Å². The molecule has 3 rings (SSSR count). The van der Waals surface area contributed by atoms with E-state index in [1.807, 2.05) is 17.0 Å². The molecule has 25 heavy (non-hydrogen) atoms. The van der Waals surface area contributed by atoms with Crippen molar-refractivity contribution >= 4 is 23.5 Å². The molecule has 0 bridgehead atoms. The van der Waals surface area contributed by atoms with Gasteiger partial charge < -0.3 is 15.1 Å². The fourth-order valence-corrected chi connectivity index (χ4v) is 4.18. The predicted molar refractivity (Wildman–Crippen MR) is 94.2 cm³/mol. The van der Waals surface area contributed by atoms with Gasteiger partial charge >= 0.3 is 5.97 Å². The number of piperidine rings is 1. The Morgan fingerprint density at radius 3 is 2.20 bits per heavy atom. The standard InChI is InChI=1S/C19H24ClNO4/c20-16-5-3-12(4-6-16)17(22)13-7-9-21(10-8-13)18(23)14-1-2-15(11-14)19(24)25/h3-6,13-15,17,22H,1-2,7-11H2,(H,24,25)/t14-,15+,17?/m1/s1. The molecule has 1 heterocycles. The average molecular weight is 366 g/mol. The number of aliphatic carboxylic acids is 1. The van der Waals surface area contributed by atoms with Crippen molar-refractivity contribution in [2.24, 2.45) is 17.8 Å². The molecule has 0 radical (unpaired) electrons. The maximum absolute atomic E-state index is 12.6. The maximum Gasteiger partial charge on any atom is 0.306 e. The van der Waals surface area contributed by atoms with E-state index in [1.54, 1.807) is 12.1 Å². The normalized spacial score (nSPS) is 25.8. The molecule has 1 aliphatic carbocycles. The van der Waals surface area contributed by atoms with Crippen LogP contribution in [0, 0.1) is 17.8 Å². The topological polar surface area (TPSA) is 77.8 Å². The van der Waals surface area contributed by atoms with Gasteiger partial charge in [-0.15, -0.1) is 0 Å². The van der Waals surface area contributed by atoms with Crippen LogP contribution in [0.5, 0.6) is 0 Å². The molecule has 1 aliphatic heterocycles. The highest BCUT2D eigenvalue weighted by Crippen LogP contribution is 2.35. The summed E-state index contributed by atoms with van der Waals surface area (Å²) in [6.07, 6.45) is 2.69. The van der Waals surface area contributed by atoms with E-state index < -0.39 is 12.1 Å². The van der Waals surface area contributed by atoms with Crippen LogP contribution in [-0.4, -0.2) is 40.1 Å². The van der Waals surface area contributed by atoms with E-state index in [-0.39, 0.29) is 23.7 Å². The number of halogens is 1. The zero-order valence-electron chi connectivity index (χ0n) is 14.1. The number of hydrogen-bond donors (Lipinski definition) is 2. The van der Waals surface area contributed by atoms with Crippen LogP contribution in [0.15, 0.2) is 24.3 Å². The second-order valence-corrected chi connectivity index (χ2v) is 7.64. The van der Waals surface area contributed by atoms with Crippen molar-refractivity contribution in [2.45, 2.75) is 38.2 Å². The van der Waals surface area contributed by atoms with Gasteiger partial charge in [0.1, 0.15) is 0 Å². The third-order valence-electron chi connectivity index (χ3n) is 5.64. The average Bonchev–Trinajstić information content (AvgIpc) is 3.12. The van der Waals surface area contributed by atoms with Gasteiger partial charge in [0.2, 0.25) is 5.91 Å². The third-order valence-corrected chi connectivity index (χ3v) is 5.89. The van der Waals surface area contributed by atoms with Gasteiger partial charge in [0.05, 0.1) is 12.0 Å². The quantitative estimate of drug-likeness (QED) is 0.859. The molecule has 1 saturated carbocycles. The van der Waals surface area contributed by atoms with E-state index in [0.29, 0.717) is 37.4 Å². The van der Waals surface area contributed by atoms with Crippen LogP contribution < -0.4 is 0 Å². The van der Waals surface area contributed by atoms with E-state index in [9.17, 15) is 14.7 Å². The molecule has 1 aromatic carbocycles. The van der Waals surface area contributed by atoms with E-state index >= 15 is 0 Å². The van der Waals surface area contributed by atoms with Crippen LogP contribution in [0.2, 0.25) is 5.02 Å². The molecule has 1 aromatic rings. The zero-order valence-corrected chi connectivity index (χ0v) is 14.9. The summed E-state index contributed by atoms with van der Waals surface area (Å²) in [4.78, 5) is 25.5. The van der Waals surface area contributed by atoms with Gasteiger partial charge in [-0.25, -0.2) is 0 Å². The van der Waals surface area contributed by atoms with Crippen LogP contribution in [0.3, 0.4) is 0 Å². The number of benzene rings is 1. The monoisotopic (exact) mass is 365 g/mol. The molecule has 1 unspecified atom stereocenters. The summed E-state index contributed by atoms with van der Waals surface area (Å²) < 4.78 is 0.